The van der Waals surface area contributed by atoms with Crippen molar-refractivity contribution in [2.75, 3.05) is 0 Å². The maximum absolute atomic E-state index is 12.5. The number of carbonyl (C=O) groups excluding carboxylic acids is 4. The smallest absolute Gasteiger partial charge is 0.234 e. The average Bonchev–Trinajstić information content (AvgIpc) is 2.64. The quantitative estimate of drug-likeness (QED) is 0.277. The molecule has 10 heteroatoms. The summed E-state index contributed by atoms with van der Waals surface area (Å²) in [7, 11) is 0. The minimum absolute atomic E-state index is 0.173. The summed E-state index contributed by atoms with van der Waals surface area (Å²) in [5.74, 6) is -6.04. The van der Waals surface area contributed by atoms with Crippen LogP contribution in [0.1, 0.15) is 31.8 Å². The molecule has 2 aliphatic rings. The Morgan fingerprint density at radius 3 is 1.20 bits per heavy atom. The Morgan fingerprint density at radius 2 is 0.867 bits per heavy atom. The molecule has 4 N–H and O–H groups in total. The predicted octanol–water partition coefficient (Wildman–Crippen LogP) is 3.30. The molecule has 8 nitrogen and oxygen atoms in total. The lowest BCUT2D eigenvalue weighted by Crippen LogP contribution is -2.23. The van der Waals surface area contributed by atoms with Gasteiger partial charge in [0.25, 0.3) is 0 Å². The van der Waals surface area contributed by atoms with Gasteiger partial charge in [-0.05, 0) is 57.3 Å². The molecule has 0 aliphatic heterocycles. The minimum atomic E-state index is -0.966. The number of benzene rings is 2. The largest absolute Gasteiger partial charge is 0.507 e. The lowest BCUT2D eigenvalue weighted by atomic mass is 9.81. The molecule has 0 bridgehead atoms. The molecule has 150 valence electrons. The van der Waals surface area contributed by atoms with Gasteiger partial charge in [0.05, 0.1) is 11.1 Å². The Hall–Kier alpha value is -2.74. The number of hydrogen-bond acceptors (Lipinski definition) is 8. The van der Waals surface area contributed by atoms with Gasteiger partial charge in [-0.1, -0.05) is 0 Å². The van der Waals surface area contributed by atoms with Crippen molar-refractivity contribution in [3.05, 3.63) is 53.7 Å². The van der Waals surface area contributed by atoms with Gasteiger partial charge in [-0.3, -0.25) is 19.2 Å². The first kappa shape index (κ1) is 20.5. The summed E-state index contributed by atoms with van der Waals surface area (Å²) in [6.45, 7) is 0. The summed E-state index contributed by atoms with van der Waals surface area (Å²) < 4.78 is 0.346. The highest BCUT2D eigenvalue weighted by atomic mass is 127. The summed E-state index contributed by atoms with van der Waals surface area (Å²) in [5.41, 5.74) is -1.40. The van der Waals surface area contributed by atoms with E-state index in [4.69, 9.17) is 0 Å². The summed E-state index contributed by atoms with van der Waals surface area (Å²) in [6, 6.07) is 2.30. The van der Waals surface area contributed by atoms with Crippen molar-refractivity contribution in [1.29, 1.82) is 0 Å². The van der Waals surface area contributed by atoms with E-state index in [1.807, 2.05) is 0 Å². The van der Waals surface area contributed by atoms with Crippen LogP contribution in [-0.4, -0.2) is 43.6 Å². The second-order valence-electron chi connectivity index (χ2n) is 6.45. The first-order valence-electron chi connectivity index (χ1n) is 8.15. The van der Waals surface area contributed by atoms with E-state index in [1.165, 1.54) is 0 Å². The van der Waals surface area contributed by atoms with Crippen molar-refractivity contribution in [2.45, 2.75) is 0 Å². The number of halogens is 2. The molecule has 0 heterocycles. The van der Waals surface area contributed by atoms with Gasteiger partial charge in [-0.2, -0.15) is 0 Å². The molecule has 0 radical (unpaired) electrons. The molecule has 0 saturated carbocycles. The van der Waals surface area contributed by atoms with E-state index in [9.17, 15) is 39.6 Å². The van der Waals surface area contributed by atoms with Gasteiger partial charge in [-0.15, -0.1) is 0 Å². The van der Waals surface area contributed by atoms with E-state index >= 15 is 0 Å². The Labute approximate surface area is 194 Å². The third-order valence-corrected chi connectivity index (χ3v) is 6.42. The van der Waals surface area contributed by atoms with E-state index in [0.717, 1.165) is 12.1 Å². The molecule has 2 aromatic rings. The number of phenols is 2. The van der Waals surface area contributed by atoms with Gasteiger partial charge in [-0.25, -0.2) is 0 Å². The van der Waals surface area contributed by atoms with E-state index in [0.29, 0.717) is 12.2 Å². The summed E-state index contributed by atoms with van der Waals surface area (Å²) in [4.78, 5) is 48.7. The molecular weight excluding hydrogens is 622 g/mol. The number of fused-ring (bicyclic) bond motifs is 2. The van der Waals surface area contributed by atoms with Crippen molar-refractivity contribution in [3.8, 4) is 22.6 Å². The Morgan fingerprint density at radius 1 is 0.533 bits per heavy atom. The fraction of sp³-hybridized carbons (Fsp3) is 0. The second kappa shape index (κ2) is 6.91. The maximum atomic E-state index is 12.5. The minimum Gasteiger partial charge on any atom is -0.507 e. The third-order valence-electron chi connectivity index (χ3n) is 4.72. The number of ketones is 4. The number of allylic oxidation sites excluding steroid dienone is 2. The van der Waals surface area contributed by atoms with E-state index in [-0.39, 0.29) is 40.5 Å². The number of aliphatic hydroxyl groups excluding tert-OH is 2. The van der Waals surface area contributed by atoms with Gasteiger partial charge in [0.15, 0.2) is 0 Å². The van der Waals surface area contributed by atoms with Crippen LogP contribution in [0.25, 0.3) is 22.6 Å². The number of rotatable bonds is 1. The number of carbonyl (C=O) groups is 4. The average molecular weight is 630 g/mol. The van der Waals surface area contributed by atoms with E-state index in [1.54, 1.807) is 45.2 Å². The highest BCUT2D eigenvalue weighted by Crippen LogP contribution is 2.49. The lowest BCUT2D eigenvalue weighted by molar-refractivity contribution is -0.111. The van der Waals surface area contributed by atoms with Crippen LogP contribution in [0.5, 0.6) is 11.5 Å². The molecule has 0 amide bonds. The van der Waals surface area contributed by atoms with Crippen molar-refractivity contribution >= 4 is 79.8 Å². The normalized spacial score (nSPS) is 15.5. The van der Waals surface area contributed by atoms with Gasteiger partial charge in [0.1, 0.15) is 23.0 Å². The topological polar surface area (TPSA) is 149 Å². The first-order valence-corrected chi connectivity index (χ1v) is 10.3. The van der Waals surface area contributed by atoms with Crippen LogP contribution in [-0.2, 0) is 9.59 Å². The third kappa shape index (κ3) is 2.77. The molecule has 0 saturated heterocycles. The number of aliphatic hydroxyl groups is 2. The predicted molar refractivity (Wildman–Crippen MR) is 121 cm³/mol. The highest BCUT2D eigenvalue weighted by Gasteiger charge is 2.37. The summed E-state index contributed by atoms with van der Waals surface area (Å²) in [5, 5.41) is 42.2. The van der Waals surface area contributed by atoms with Gasteiger partial charge in [0, 0.05) is 41.5 Å². The van der Waals surface area contributed by atoms with Crippen molar-refractivity contribution in [3.63, 3.8) is 0 Å². The fourth-order valence-electron chi connectivity index (χ4n) is 3.51. The zero-order chi connectivity index (χ0) is 22.1. The molecule has 30 heavy (non-hydrogen) atoms. The first-order chi connectivity index (χ1) is 14.0. The van der Waals surface area contributed by atoms with Crippen LogP contribution in [0.15, 0.2) is 24.3 Å². The second-order valence-corrected chi connectivity index (χ2v) is 8.78. The van der Waals surface area contributed by atoms with Crippen LogP contribution in [0.4, 0.5) is 0 Å². The number of phenolic OH excluding ortho intramolecular Hbond substituents is 2. The van der Waals surface area contributed by atoms with Gasteiger partial charge in [0.2, 0.25) is 23.1 Å². The Kier molecular flexibility index (Phi) is 4.73. The zero-order valence-electron chi connectivity index (χ0n) is 14.5. The standard InChI is InChI=1S/C20H8I2O8/c21-5-1-7(23)17(15-9(25)3-11(27)19(29)13(5)15)18-8(24)2-6(22)14-16(18)10(26)4-12(28)20(14)30/h1-4,23-26H. The summed E-state index contributed by atoms with van der Waals surface area (Å²) in [6.07, 6.45) is 1.37. The Bertz CT molecular complexity index is 1220. The maximum Gasteiger partial charge on any atom is 0.234 e. The number of hydrogen-bond donors (Lipinski definition) is 4. The summed E-state index contributed by atoms with van der Waals surface area (Å²) >= 11 is 3.43. The van der Waals surface area contributed by atoms with Crippen LogP contribution in [0.3, 0.4) is 0 Å². The zero-order valence-corrected chi connectivity index (χ0v) is 18.8. The lowest BCUT2D eigenvalue weighted by Gasteiger charge is -2.24. The molecule has 4 rings (SSSR count). The van der Waals surface area contributed by atoms with Crippen LogP contribution in [0, 0.1) is 7.14 Å². The molecule has 0 atom stereocenters. The molecule has 2 aromatic carbocycles. The van der Waals surface area contributed by atoms with Crippen LogP contribution in [0.2, 0.25) is 0 Å². The van der Waals surface area contributed by atoms with Gasteiger partial charge < -0.3 is 20.4 Å². The molecule has 2 aliphatic carbocycles. The fourth-order valence-corrected chi connectivity index (χ4v) is 5.13. The molecule has 0 spiro atoms. The Balaban J connectivity index is 2.22. The molecular formula is C20H8I2O8. The highest BCUT2D eigenvalue weighted by molar-refractivity contribution is 14.1. The number of Topliss-reactive ketones (excluding diaryl/α,β-unsaturated/α-hetero) is 2. The van der Waals surface area contributed by atoms with Crippen molar-refractivity contribution in [2.24, 2.45) is 0 Å². The SMILES string of the molecule is O=C1C=C(O)c2c(c(I)cc(O)c2-c2c(O)cc(I)c3c2C(O)=CC(=O)C3=O)C1=O. The van der Waals surface area contributed by atoms with E-state index < -0.39 is 46.2 Å². The number of aromatic hydroxyl groups is 2. The van der Waals surface area contributed by atoms with Gasteiger partial charge >= 0.3 is 0 Å². The molecule has 0 aromatic heterocycles. The van der Waals surface area contributed by atoms with Crippen molar-refractivity contribution in [1.82, 2.24) is 0 Å². The van der Waals surface area contributed by atoms with E-state index in [2.05, 4.69) is 0 Å². The van der Waals surface area contributed by atoms with Crippen molar-refractivity contribution < 1.29 is 39.6 Å². The van der Waals surface area contributed by atoms with Crippen LogP contribution < -0.4 is 0 Å². The monoisotopic (exact) mass is 630 g/mol. The molecule has 0 fully saturated rings. The van der Waals surface area contributed by atoms with Crippen LogP contribution >= 0.6 is 45.2 Å². The molecule has 0 unspecified atom stereocenters.